The van der Waals surface area contributed by atoms with Crippen LogP contribution in [0.25, 0.3) is 5.69 Å². The average molecular weight is 447 g/mol. The number of halogens is 1. The summed E-state index contributed by atoms with van der Waals surface area (Å²) in [6.45, 7) is 4.07. The van der Waals surface area contributed by atoms with Gasteiger partial charge in [0.1, 0.15) is 0 Å². The van der Waals surface area contributed by atoms with E-state index in [0.717, 1.165) is 34.5 Å². The number of benzene rings is 1. The fraction of sp³-hybridized carbons (Fsp3) is 0.333. The third kappa shape index (κ3) is 3.49. The van der Waals surface area contributed by atoms with Gasteiger partial charge in [0.25, 0.3) is 5.91 Å². The first kappa shape index (κ1) is 18.1. The van der Waals surface area contributed by atoms with E-state index in [2.05, 4.69) is 36.5 Å². The van der Waals surface area contributed by atoms with Gasteiger partial charge in [0.15, 0.2) is 10.6 Å². The Kier molecular flexibility index (Phi) is 4.73. The number of nitrogens with one attached hydrogen (secondary N) is 2. The number of aromatic nitrogens is 5. The quantitative estimate of drug-likeness (QED) is 0.584. The number of hydrogen-bond acceptors (Lipinski definition) is 4. The van der Waals surface area contributed by atoms with Crippen LogP contribution >= 0.6 is 28.1 Å². The zero-order chi connectivity index (χ0) is 19.1. The van der Waals surface area contributed by atoms with Crippen LogP contribution in [0.3, 0.4) is 0 Å². The molecular formula is C18H19BrN6OS. The summed E-state index contributed by atoms with van der Waals surface area (Å²) in [6, 6.07) is 8.22. The number of nitrogens with zero attached hydrogens (tertiary/aromatic N) is 4. The first-order valence-electron chi connectivity index (χ1n) is 8.72. The highest BCUT2D eigenvalue weighted by Crippen LogP contribution is 2.35. The standard InChI is InChI=1S/C18H19BrN6OS/c1-10-16(11(2)25(23-10)14-5-3-12(19)4-6-14)17(26)20-9-15-21-22-18(27)24(15)13-7-8-13/h3-6,13H,7-9H2,1-2H3,(H,20,26)(H,22,27). The van der Waals surface area contributed by atoms with Crippen molar-refractivity contribution in [3.8, 4) is 5.69 Å². The fourth-order valence-electron chi connectivity index (χ4n) is 3.22. The second-order valence-electron chi connectivity index (χ2n) is 6.66. The summed E-state index contributed by atoms with van der Waals surface area (Å²) in [6.07, 6.45) is 2.21. The Morgan fingerprint density at radius 2 is 2.04 bits per heavy atom. The molecule has 1 aromatic carbocycles. The van der Waals surface area contributed by atoms with Crippen LogP contribution in [0.2, 0.25) is 0 Å². The Bertz CT molecular complexity index is 1060. The molecule has 27 heavy (non-hydrogen) atoms. The predicted octanol–water partition coefficient (Wildman–Crippen LogP) is 3.77. The van der Waals surface area contributed by atoms with E-state index in [4.69, 9.17) is 12.2 Å². The fourth-order valence-corrected chi connectivity index (χ4v) is 3.79. The number of amides is 1. The van der Waals surface area contributed by atoms with E-state index in [9.17, 15) is 4.79 Å². The molecule has 0 unspecified atom stereocenters. The minimum Gasteiger partial charge on any atom is -0.345 e. The maximum atomic E-state index is 12.8. The summed E-state index contributed by atoms with van der Waals surface area (Å²) in [5, 5.41) is 14.6. The Hall–Kier alpha value is -2.26. The maximum absolute atomic E-state index is 12.8. The molecule has 0 aliphatic heterocycles. The molecule has 140 valence electrons. The van der Waals surface area contributed by atoms with Crippen LogP contribution in [0.15, 0.2) is 28.7 Å². The molecule has 1 aliphatic carbocycles. The van der Waals surface area contributed by atoms with Crippen molar-refractivity contribution >= 4 is 34.1 Å². The summed E-state index contributed by atoms with van der Waals surface area (Å²) in [5.41, 5.74) is 2.99. The minimum absolute atomic E-state index is 0.162. The molecule has 2 aromatic heterocycles. The predicted molar refractivity (Wildman–Crippen MR) is 108 cm³/mol. The van der Waals surface area contributed by atoms with Crippen LogP contribution in [0, 0.1) is 18.6 Å². The van der Waals surface area contributed by atoms with E-state index in [-0.39, 0.29) is 5.91 Å². The SMILES string of the molecule is Cc1nn(-c2ccc(Br)cc2)c(C)c1C(=O)NCc1n[nH]c(=S)n1C1CC1. The van der Waals surface area contributed by atoms with Gasteiger partial charge in [0.05, 0.1) is 29.2 Å². The zero-order valence-electron chi connectivity index (χ0n) is 15.0. The molecule has 3 aromatic rings. The van der Waals surface area contributed by atoms with Gasteiger partial charge in [-0.15, -0.1) is 0 Å². The Morgan fingerprint density at radius 1 is 1.33 bits per heavy atom. The summed E-state index contributed by atoms with van der Waals surface area (Å²) in [4.78, 5) is 12.8. The molecule has 1 fully saturated rings. The van der Waals surface area contributed by atoms with Gasteiger partial charge in [0, 0.05) is 10.5 Å². The van der Waals surface area contributed by atoms with Crippen molar-refractivity contribution in [1.29, 1.82) is 0 Å². The molecular weight excluding hydrogens is 428 g/mol. The van der Waals surface area contributed by atoms with Gasteiger partial charge in [-0.1, -0.05) is 15.9 Å². The van der Waals surface area contributed by atoms with Gasteiger partial charge in [-0.05, 0) is 63.2 Å². The zero-order valence-corrected chi connectivity index (χ0v) is 17.4. The topological polar surface area (TPSA) is 80.5 Å². The Balaban J connectivity index is 1.56. The molecule has 0 spiro atoms. The number of aromatic amines is 1. The maximum Gasteiger partial charge on any atom is 0.255 e. The molecule has 0 atom stereocenters. The molecule has 0 bridgehead atoms. The van der Waals surface area contributed by atoms with Crippen LogP contribution in [0.4, 0.5) is 0 Å². The first-order chi connectivity index (χ1) is 13.0. The van der Waals surface area contributed by atoms with E-state index in [0.29, 0.717) is 28.6 Å². The molecule has 0 saturated heterocycles. The number of carbonyl (C=O) groups excluding carboxylic acids is 1. The molecule has 0 radical (unpaired) electrons. The monoisotopic (exact) mass is 446 g/mol. The van der Waals surface area contributed by atoms with Crippen molar-refractivity contribution in [1.82, 2.24) is 29.9 Å². The minimum atomic E-state index is -0.162. The Labute approximate surface area is 169 Å². The Morgan fingerprint density at radius 3 is 2.70 bits per heavy atom. The second-order valence-corrected chi connectivity index (χ2v) is 7.97. The molecule has 1 amide bonds. The van der Waals surface area contributed by atoms with E-state index in [1.54, 1.807) is 4.68 Å². The van der Waals surface area contributed by atoms with E-state index >= 15 is 0 Å². The highest BCUT2D eigenvalue weighted by molar-refractivity contribution is 9.10. The van der Waals surface area contributed by atoms with Crippen LogP contribution in [-0.2, 0) is 6.54 Å². The highest BCUT2D eigenvalue weighted by atomic mass is 79.9. The molecule has 7 nitrogen and oxygen atoms in total. The van der Waals surface area contributed by atoms with Crippen LogP contribution < -0.4 is 5.32 Å². The lowest BCUT2D eigenvalue weighted by molar-refractivity contribution is 0.0948. The number of carbonyl (C=O) groups is 1. The van der Waals surface area contributed by atoms with E-state index in [1.165, 1.54) is 0 Å². The van der Waals surface area contributed by atoms with Crippen LogP contribution in [0.5, 0.6) is 0 Å². The molecule has 1 aliphatic rings. The van der Waals surface area contributed by atoms with Crippen molar-refractivity contribution in [2.75, 3.05) is 0 Å². The molecule has 9 heteroatoms. The summed E-state index contributed by atoms with van der Waals surface area (Å²) < 4.78 is 5.39. The van der Waals surface area contributed by atoms with Gasteiger partial charge in [-0.2, -0.15) is 10.2 Å². The number of hydrogen-bond donors (Lipinski definition) is 2. The van der Waals surface area contributed by atoms with Gasteiger partial charge in [-0.25, -0.2) is 4.68 Å². The summed E-state index contributed by atoms with van der Waals surface area (Å²) in [5.74, 6) is 0.594. The van der Waals surface area contributed by atoms with Gasteiger partial charge in [-0.3, -0.25) is 14.5 Å². The first-order valence-corrected chi connectivity index (χ1v) is 9.92. The smallest absolute Gasteiger partial charge is 0.255 e. The number of aryl methyl sites for hydroxylation is 1. The molecule has 4 rings (SSSR count). The van der Waals surface area contributed by atoms with Crippen molar-refractivity contribution in [3.05, 3.63) is 56.3 Å². The second kappa shape index (κ2) is 7.05. The van der Waals surface area contributed by atoms with Gasteiger partial charge in [0.2, 0.25) is 0 Å². The number of rotatable bonds is 5. The lowest BCUT2D eigenvalue weighted by Gasteiger charge is -2.08. The lowest BCUT2D eigenvalue weighted by atomic mass is 10.2. The van der Waals surface area contributed by atoms with Gasteiger partial charge < -0.3 is 5.32 Å². The van der Waals surface area contributed by atoms with Crippen LogP contribution in [-0.4, -0.2) is 30.5 Å². The van der Waals surface area contributed by atoms with E-state index in [1.807, 2.05) is 42.7 Å². The van der Waals surface area contributed by atoms with Gasteiger partial charge >= 0.3 is 0 Å². The normalized spacial score (nSPS) is 13.7. The average Bonchev–Trinajstić information content (AvgIpc) is 3.34. The van der Waals surface area contributed by atoms with Crippen molar-refractivity contribution in [3.63, 3.8) is 0 Å². The van der Waals surface area contributed by atoms with Crippen molar-refractivity contribution in [2.45, 2.75) is 39.3 Å². The molecule has 2 heterocycles. The van der Waals surface area contributed by atoms with Crippen molar-refractivity contribution in [2.24, 2.45) is 0 Å². The largest absolute Gasteiger partial charge is 0.345 e. The third-order valence-electron chi connectivity index (χ3n) is 4.69. The summed E-state index contributed by atoms with van der Waals surface area (Å²) in [7, 11) is 0. The molecule has 2 N–H and O–H groups in total. The van der Waals surface area contributed by atoms with Crippen molar-refractivity contribution < 1.29 is 4.79 Å². The number of H-pyrrole nitrogens is 1. The third-order valence-corrected chi connectivity index (χ3v) is 5.50. The highest BCUT2D eigenvalue weighted by Gasteiger charge is 2.27. The summed E-state index contributed by atoms with van der Waals surface area (Å²) >= 11 is 8.72. The molecule has 1 saturated carbocycles. The van der Waals surface area contributed by atoms with Crippen LogP contribution in [0.1, 0.15) is 46.5 Å². The van der Waals surface area contributed by atoms with E-state index < -0.39 is 0 Å². The lowest BCUT2D eigenvalue weighted by Crippen LogP contribution is -2.25.